The molecule has 0 saturated heterocycles. The molecule has 146 valence electrons. The number of aromatic nitrogens is 1. The number of benzene rings is 2. The third-order valence-corrected chi connectivity index (χ3v) is 5.87. The van der Waals surface area contributed by atoms with Crippen LogP contribution in [0.15, 0.2) is 47.8 Å². The van der Waals surface area contributed by atoms with Crippen LogP contribution in [0.3, 0.4) is 0 Å². The van der Waals surface area contributed by atoms with Gasteiger partial charge in [0.1, 0.15) is 22.3 Å². The number of thiazole rings is 1. The van der Waals surface area contributed by atoms with E-state index >= 15 is 0 Å². The van der Waals surface area contributed by atoms with Gasteiger partial charge in [0, 0.05) is 36.1 Å². The van der Waals surface area contributed by atoms with Gasteiger partial charge in [-0.1, -0.05) is 18.2 Å². The van der Waals surface area contributed by atoms with Crippen LogP contribution in [0.5, 0.6) is 11.5 Å². The summed E-state index contributed by atoms with van der Waals surface area (Å²) in [5, 5.41) is 2.99. The third-order valence-electron chi connectivity index (χ3n) is 4.95. The van der Waals surface area contributed by atoms with E-state index in [0.29, 0.717) is 19.1 Å². The van der Waals surface area contributed by atoms with Crippen LogP contribution >= 0.6 is 11.3 Å². The van der Waals surface area contributed by atoms with Gasteiger partial charge in [-0.15, -0.1) is 11.3 Å². The first-order chi connectivity index (χ1) is 13.7. The molecule has 2 aromatic carbocycles. The van der Waals surface area contributed by atoms with Gasteiger partial charge in [-0.3, -0.25) is 4.90 Å². The number of ether oxygens (including phenoxy) is 2. The highest BCUT2D eigenvalue weighted by Crippen LogP contribution is 2.36. The molecule has 1 fully saturated rings. The molecule has 0 N–H and O–H groups in total. The Morgan fingerprint density at radius 1 is 1.11 bits per heavy atom. The van der Waals surface area contributed by atoms with Gasteiger partial charge in [-0.05, 0) is 31.0 Å². The maximum atomic E-state index is 14.1. The van der Waals surface area contributed by atoms with Gasteiger partial charge < -0.3 is 9.47 Å². The number of rotatable bonds is 8. The first kappa shape index (κ1) is 18.9. The lowest BCUT2D eigenvalue weighted by molar-refractivity contribution is 0.240. The minimum atomic E-state index is -0.143. The van der Waals surface area contributed by atoms with E-state index in [4.69, 9.17) is 14.5 Å². The fourth-order valence-corrected chi connectivity index (χ4v) is 4.13. The molecule has 6 heteroatoms. The summed E-state index contributed by atoms with van der Waals surface area (Å²) in [6.07, 6.45) is 2.33. The van der Waals surface area contributed by atoms with Crippen molar-refractivity contribution >= 4 is 11.3 Å². The van der Waals surface area contributed by atoms with E-state index in [1.807, 2.05) is 30.3 Å². The van der Waals surface area contributed by atoms with Crippen molar-refractivity contribution in [2.45, 2.75) is 32.0 Å². The second-order valence-electron chi connectivity index (χ2n) is 6.94. The van der Waals surface area contributed by atoms with Crippen molar-refractivity contribution in [2.24, 2.45) is 0 Å². The number of hydrogen-bond acceptors (Lipinski definition) is 5. The monoisotopic (exact) mass is 398 g/mol. The van der Waals surface area contributed by atoms with Crippen LogP contribution in [0.1, 0.15) is 24.1 Å². The highest BCUT2D eigenvalue weighted by atomic mass is 32.1. The molecule has 0 atom stereocenters. The largest absolute Gasteiger partial charge is 0.497 e. The van der Waals surface area contributed by atoms with E-state index in [1.54, 1.807) is 31.6 Å². The van der Waals surface area contributed by atoms with E-state index in [2.05, 4.69) is 10.3 Å². The number of halogens is 1. The van der Waals surface area contributed by atoms with Crippen LogP contribution < -0.4 is 9.47 Å². The van der Waals surface area contributed by atoms with Gasteiger partial charge in [0.05, 0.1) is 25.5 Å². The van der Waals surface area contributed by atoms with Crippen molar-refractivity contribution in [1.82, 2.24) is 9.88 Å². The Kier molecular flexibility index (Phi) is 5.59. The fourth-order valence-electron chi connectivity index (χ4n) is 3.29. The minimum absolute atomic E-state index is 0.143. The van der Waals surface area contributed by atoms with Crippen LogP contribution in [-0.4, -0.2) is 30.1 Å². The number of nitrogens with zero attached hydrogens (tertiary/aromatic N) is 2. The molecule has 0 unspecified atom stereocenters. The van der Waals surface area contributed by atoms with Gasteiger partial charge in [0.2, 0.25) is 0 Å². The molecule has 0 radical (unpaired) electrons. The molecule has 0 aliphatic heterocycles. The average Bonchev–Trinajstić information content (AvgIpc) is 3.47. The summed E-state index contributed by atoms with van der Waals surface area (Å²) in [6.45, 7) is 1.32. The summed E-state index contributed by atoms with van der Waals surface area (Å²) < 4.78 is 24.9. The summed E-state index contributed by atoms with van der Waals surface area (Å²) >= 11 is 1.60. The average molecular weight is 399 g/mol. The second kappa shape index (κ2) is 8.29. The van der Waals surface area contributed by atoms with Crippen LogP contribution in [0.2, 0.25) is 0 Å². The van der Waals surface area contributed by atoms with Gasteiger partial charge in [0.15, 0.2) is 0 Å². The maximum Gasteiger partial charge on any atom is 0.132 e. The highest BCUT2D eigenvalue weighted by molar-refractivity contribution is 7.13. The molecule has 1 aliphatic carbocycles. The SMILES string of the molecule is COc1ccc(-c2nc(CN(Cc3ccccc3F)C3CC3)cs2)c(OC)c1. The van der Waals surface area contributed by atoms with Gasteiger partial charge >= 0.3 is 0 Å². The summed E-state index contributed by atoms with van der Waals surface area (Å²) in [6, 6.07) is 13.3. The third kappa shape index (κ3) is 4.18. The Labute approximate surface area is 168 Å². The lowest BCUT2D eigenvalue weighted by Gasteiger charge is -2.21. The first-order valence-electron chi connectivity index (χ1n) is 9.32. The summed E-state index contributed by atoms with van der Waals surface area (Å²) in [7, 11) is 3.29. The molecule has 1 aromatic heterocycles. The molecule has 0 bridgehead atoms. The van der Waals surface area contributed by atoms with Crippen molar-refractivity contribution in [3.05, 3.63) is 64.9 Å². The van der Waals surface area contributed by atoms with Gasteiger partial charge in [-0.25, -0.2) is 9.37 Å². The molecule has 1 saturated carbocycles. The minimum Gasteiger partial charge on any atom is -0.497 e. The van der Waals surface area contributed by atoms with Crippen molar-refractivity contribution < 1.29 is 13.9 Å². The first-order valence-corrected chi connectivity index (χ1v) is 10.2. The topological polar surface area (TPSA) is 34.6 Å². The molecule has 0 spiro atoms. The quantitative estimate of drug-likeness (QED) is 0.527. The summed E-state index contributed by atoms with van der Waals surface area (Å²) in [5.74, 6) is 1.35. The Balaban J connectivity index is 1.53. The van der Waals surface area contributed by atoms with Crippen LogP contribution in [0.25, 0.3) is 10.6 Å². The van der Waals surface area contributed by atoms with Crippen molar-refractivity contribution in [3.63, 3.8) is 0 Å². The predicted molar refractivity (Wildman–Crippen MR) is 109 cm³/mol. The zero-order valence-corrected chi connectivity index (χ0v) is 16.8. The van der Waals surface area contributed by atoms with E-state index < -0.39 is 0 Å². The van der Waals surface area contributed by atoms with E-state index in [0.717, 1.165) is 46.2 Å². The Hall–Kier alpha value is -2.44. The molecule has 1 aliphatic rings. The molecule has 3 aromatic rings. The zero-order valence-electron chi connectivity index (χ0n) is 16.0. The molecular formula is C22H23FN2O2S. The Morgan fingerprint density at radius 2 is 1.93 bits per heavy atom. The fraction of sp³-hybridized carbons (Fsp3) is 0.318. The second-order valence-corrected chi connectivity index (χ2v) is 7.80. The van der Waals surface area contributed by atoms with E-state index in [9.17, 15) is 4.39 Å². The van der Waals surface area contributed by atoms with Gasteiger partial charge in [0.25, 0.3) is 0 Å². The predicted octanol–water partition coefficient (Wildman–Crippen LogP) is 5.13. The van der Waals surface area contributed by atoms with Crippen molar-refractivity contribution in [2.75, 3.05) is 14.2 Å². The normalized spacial score (nSPS) is 13.7. The molecule has 4 nitrogen and oxygen atoms in total. The smallest absolute Gasteiger partial charge is 0.132 e. The van der Waals surface area contributed by atoms with Crippen LogP contribution in [-0.2, 0) is 13.1 Å². The van der Waals surface area contributed by atoms with Crippen molar-refractivity contribution in [1.29, 1.82) is 0 Å². The molecule has 0 amide bonds. The highest BCUT2D eigenvalue weighted by Gasteiger charge is 2.30. The van der Waals surface area contributed by atoms with Crippen molar-refractivity contribution in [3.8, 4) is 22.1 Å². The number of methoxy groups -OCH3 is 2. The van der Waals surface area contributed by atoms with E-state index in [-0.39, 0.29) is 5.82 Å². The molecule has 4 rings (SSSR count). The molecular weight excluding hydrogens is 375 g/mol. The standard InChI is InChI=1S/C22H23FN2O2S/c1-26-18-9-10-19(21(11-18)27-2)22-24-16(14-28-22)13-25(17-7-8-17)12-15-5-3-4-6-20(15)23/h3-6,9-11,14,17H,7-8,12-13H2,1-2H3. The Morgan fingerprint density at radius 3 is 2.64 bits per heavy atom. The summed E-state index contributed by atoms with van der Waals surface area (Å²) in [5.41, 5.74) is 2.69. The summed E-state index contributed by atoms with van der Waals surface area (Å²) in [4.78, 5) is 7.14. The maximum absolute atomic E-state index is 14.1. The lowest BCUT2D eigenvalue weighted by atomic mass is 10.2. The van der Waals surface area contributed by atoms with E-state index in [1.165, 1.54) is 6.07 Å². The van der Waals surface area contributed by atoms with Gasteiger partial charge in [-0.2, -0.15) is 0 Å². The molecule has 28 heavy (non-hydrogen) atoms. The van der Waals surface area contributed by atoms with Crippen LogP contribution in [0.4, 0.5) is 4.39 Å². The lowest BCUT2D eigenvalue weighted by Crippen LogP contribution is -2.25. The van der Waals surface area contributed by atoms with Crippen LogP contribution in [0, 0.1) is 5.82 Å². The Bertz CT molecular complexity index is 955. The zero-order chi connectivity index (χ0) is 19.5. The molecule has 1 heterocycles. The number of hydrogen-bond donors (Lipinski definition) is 0.